The summed E-state index contributed by atoms with van der Waals surface area (Å²) in [6, 6.07) is 0. The summed E-state index contributed by atoms with van der Waals surface area (Å²) in [6.45, 7) is 1.83. The maximum Gasteiger partial charge on any atom is 0.458 e. The van der Waals surface area contributed by atoms with Gasteiger partial charge >= 0.3 is 11.3 Å². The van der Waals surface area contributed by atoms with Crippen LogP contribution in [0.5, 0.6) is 0 Å². The summed E-state index contributed by atoms with van der Waals surface area (Å²) in [7, 11) is 0. The first kappa shape index (κ1) is 16.6. The zero-order chi connectivity index (χ0) is 15.4. The Morgan fingerprint density at radius 2 is 1.16 bits per heavy atom. The lowest BCUT2D eigenvalue weighted by Crippen LogP contribution is -2.50. The molecule has 0 atom stereocenters. The van der Waals surface area contributed by atoms with Crippen molar-refractivity contribution in [1.82, 2.24) is 0 Å². The third kappa shape index (κ3) is 2.89. The first-order valence-electron chi connectivity index (χ1n) is 5.12. The third-order valence-corrected chi connectivity index (χ3v) is 3.03. The van der Waals surface area contributed by atoms with Gasteiger partial charge in [0, 0.05) is 0 Å². The first-order valence-corrected chi connectivity index (χ1v) is 5.12. The van der Waals surface area contributed by atoms with Crippen molar-refractivity contribution in [3.63, 3.8) is 0 Å². The predicted octanol–water partition coefficient (Wildman–Crippen LogP) is 0.696. The first-order chi connectivity index (χ1) is 8.54. The normalized spacial score (nSPS) is 11.9. The van der Waals surface area contributed by atoms with Crippen molar-refractivity contribution >= 4 is 0 Å². The molecular formula is C7H12N4O8. The van der Waals surface area contributed by atoms with Gasteiger partial charge < -0.3 is 0 Å². The van der Waals surface area contributed by atoms with Gasteiger partial charge in [-0.1, -0.05) is 6.92 Å². The van der Waals surface area contributed by atoms with E-state index in [0.717, 1.165) is 0 Å². The van der Waals surface area contributed by atoms with Gasteiger partial charge in [-0.2, -0.15) is 0 Å². The van der Waals surface area contributed by atoms with Crippen molar-refractivity contribution in [3.8, 4) is 0 Å². The molecule has 12 heteroatoms. The van der Waals surface area contributed by atoms with Crippen LogP contribution in [0.4, 0.5) is 0 Å². The molecule has 0 aromatic heterocycles. The minimum atomic E-state index is -2.69. The molecule has 0 unspecified atom stereocenters. The Bertz CT molecular complexity index is 393. The van der Waals surface area contributed by atoms with Gasteiger partial charge in [-0.3, -0.25) is 40.5 Å². The van der Waals surface area contributed by atoms with Gasteiger partial charge in [0.05, 0.1) is 33.0 Å². The summed E-state index contributed by atoms with van der Waals surface area (Å²) in [5, 5.41) is 42.8. The molecule has 0 N–H and O–H groups in total. The maximum absolute atomic E-state index is 10.8. The van der Waals surface area contributed by atoms with E-state index in [1.165, 1.54) is 6.92 Å². The van der Waals surface area contributed by atoms with Crippen molar-refractivity contribution in [2.75, 3.05) is 0 Å². The summed E-state index contributed by atoms with van der Waals surface area (Å²) < 4.78 is 0. The summed E-state index contributed by atoms with van der Waals surface area (Å²) in [4.78, 5) is 38.0. The highest BCUT2D eigenvalue weighted by molar-refractivity contribution is 4.71. The van der Waals surface area contributed by atoms with E-state index in [2.05, 4.69) is 0 Å². The molecular weight excluding hydrogens is 268 g/mol. The maximum atomic E-state index is 10.8. The van der Waals surface area contributed by atoms with Gasteiger partial charge in [0.15, 0.2) is 0 Å². The van der Waals surface area contributed by atoms with Crippen LogP contribution in [0.1, 0.15) is 33.1 Å². The highest BCUT2D eigenvalue weighted by atomic mass is 16.7. The van der Waals surface area contributed by atoms with E-state index in [0.29, 0.717) is 6.92 Å². The molecule has 0 spiro atoms. The number of nitro groups is 4. The van der Waals surface area contributed by atoms with Gasteiger partial charge in [-0.25, -0.2) is 0 Å². The zero-order valence-corrected chi connectivity index (χ0v) is 10.2. The number of hydrogen-bond donors (Lipinski definition) is 0. The van der Waals surface area contributed by atoms with E-state index >= 15 is 0 Å². The lowest BCUT2D eigenvalue weighted by molar-refractivity contribution is -0.813. The van der Waals surface area contributed by atoms with Gasteiger partial charge in [-0.05, 0) is 0 Å². The molecule has 0 heterocycles. The Morgan fingerprint density at radius 1 is 0.789 bits per heavy atom. The van der Waals surface area contributed by atoms with Crippen molar-refractivity contribution < 1.29 is 19.7 Å². The predicted molar refractivity (Wildman–Crippen MR) is 58.6 cm³/mol. The van der Waals surface area contributed by atoms with Crippen LogP contribution in [0.2, 0.25) is 0 Å². The molecule has 0 aliphatic heterocycles. The van der Waals surface area contributed by atoms with Crippen LogP contribution in [0.25, 0.3) is 0 Å². The SMILES string of the molecule is CCC(CCC(C)([N+](=O)[O-])[N+](=O)[O-])([N+](=O)[O-])[N+](=O)[O-]. The molecule has 0 bridgehead atoms. The Balaban J connectivity index is 5.32. The van der Waals surface area contributed by atoms with Gasteiger partial charge in [0.2, 0.25) is 0 Å². The van der Waals surface area contributed by atoms with E-state index in [1.807, 2.05) is 0 Å². The third-order valence-electron chi connectivity index (χ3n) is 3.03. The minimum Gasteiger partial charge on any atom is -0.258 e. The van der Waals surface area contributed by atoms with Crippen LogP contribution in [0.3, 0.4) is 0 Å². The van der Waals surface area contributed by atoms with Crippen molar-refractivity contribution in [3.05, 3.63) is 40.5 Å². The largest absolute Gasteiger partial charge is 0.458 e. The Labute approximate surface area is 106 Å². The molecule has 0 saturated heterocycles. The Morgan fingerprint density at radius 3 is 1.37 bits per heavy atom. The monoisotopic (exact) mass is 280 g/mol. The summed E-state index contributed by atoms with van der Waals surface area (Å²) in [6.07, 6.45) is -2.34. The number of nitrogens with zero attached hydrogens (tertiary/aromatic N) is 4. The molecule has 19 heavy (non-hydrogen) atoms. The standard InChI is InChI=1S/C7H12N4O8/c1-3-7(10(16)17,11(18)19)5-4-6(2,8(12)13)9(14)15/h3-5H2,1-2H3. The van der Waals surface area contributed by atoms with E-state index < -0.39 is 50.3 Å². The Hall–Kier alpha value is -2.40. The minimum absolute atomic E-state index is 0.529. The smallest absolute Gasteiger partial charge is 0.258 e. The average molecular weight is 280 g/mol. The molecule has 0 aliphatic carbocycles. The van der Waals surface area contributed by atoms with Crippen LogP contribution < -0.4 is 0 Å². The van der Waals surface area contributed by atoms with Crippen LogP contribution in [0, 0.1) is 40.5 Å². The quantitative estimate of drug-likeness (QED) is 0.354. The molecule has 0 radical (unpaired) electrons. The zero-order valence-electron chi connectivity index (χ0n) is 10.2. The van der Waals surface area contributed by atoms with Crippen LogP contribution >= 0.6 is 0 Å². The average Bonchev–Trinajstić information content (AvgIpc) is 2.28. The lowest BCUT2D eigenvalue weighted by Gasteiger charge is -2.17. The molecule has 108 valence electrons. The molecule has 0 amide bonds. The van der Waals surface area contributed by atoms with E-state index in [-0.39, 0.29) is 0 Å². The van der Waals surface area contributed by atoms with Gasteiger partial charge in [0.1, 0.15) is 12.8 Å². The summed E-state index contributed by atoms with van der Waals surface area (Å²) >= 11 is 0. The molecule has 0 aromatic rings. The molecule has 0 saturated carbocycles. The topological polar surface area (TPSA) is 173 Å². The second kappa shape index (κ2) is 5.49. The van der Waals surface area contributed by atoms with E-state index in [1.54, 1.807) is 0 Å². The van der Waals surface area contributed by atoms with Gasteiger partial charge in [0.25, 0.3) is 0 Å². The second-order valence-corrected chi connectivity index (χ2v) is 4.08. The highest BCUT2D eigenvalue weighted by Crippen LogP contribution is 2.28. The number of rotatable bonds is 8. The summed E-state index contributed by atoms with van der Waals surface area (Å²) in [5.74, 6) is 0. The van der Waals surface area contributed by atoms with Crippen molar-refractivity contribution in [1.29, 1.82) is 0 Å². The Kier molecular flexibility index (Phi) is 4.80. The van der Waals surface area contributed by atoms with Crippen LogP contribution in [-0.2, 0) is 0 Å². The molecule has 0 aromatic carbocycles. The summed E-state index contributed by atoms with van der Waals surface area (Å²) in [5.41, 5.74) is -5.33. The van der Waals surface area contributed by atoms with Crippen molar-refractivity contribution in [2.24, 2.45) is 0 Å². The van der Waals surface area contributed by atoms with Crippen LogP contribution in [-0.4, -0.2) is 31.0 Å². The highest BCUT2D eigenvalue weighted by Gasteiger charge is 2.60. The van der Waals surface area contributed by atoms with Gasteiger partial charge in [-0.15, -0.1) is 0 Å². The molecule has 0 aliphatic rings. The molecule has 12 nitrogen and oxygen atoms in total. The van der Waals surface area contributed by atoms with E-state index in [9.17, 15) is 40.5 Å². The second-order valence-electron chi connectivity index (χ2n) is 4.08. The molecule has 0 rings (SSSR count). The fourth-order valence-corrected chi connectivity index (χ4v) is 1.37. The van der Waals surface area contributed by atoms with Crippen LogP contribution in [0.15, 0.2) is 0 Å². The fraction of sp³-hybridized carbons (Fsp3) is 1.00. The fourth-order valence-electron chi connectivity index (χ4n) is 1.37. The molecule has 0 fully saturated rings. The lowest BCUT2D eigenvalue weighted by atomic mass is 9.96. The van der Waals surface area contributed by atoms with E-state index in [4.69, 9.17) is 0 Å². The number of hydrogen-bond acceptors (Lipinski definition) is 8. The van der Waals surface area contributed by atoms with Crippen molar-refractivity contribution in [2.45, 2.75) is 44.4 Å².